The molecule has 5 aromatic carbocycles. The Balaban J connectivity index is 1.30. The molecule has 0 fully saturated rings. The molecule has 44 heavy (non-hydrogen) atoms. The number of nitrogens with one attached hydrogen (secondary N) is 3. The normalized spacial score (nSPS) is 11.9. The maximum absolute atomic E-state index is 13.5. The van der Waals surface area contributed by atoms with Crippen LogP contribution in [-0.4, -0.2) is 23.0 Å². The summed E-state index contributed by atoms with van der Waals surface area (Å²) in [6.07, 6.45) is 1.66. The fraction of sp³-hybridized carbons (Fsp3) is 0.0571. The first-order valence-electron chi connectivity index (χ1n) is 13.7. The zero-order valence-corrected chi connectivity index (χ0v) is 25.1. The second-order valence-corrected chi connectivity index (χ2v) is 11.6. The highest BCUT2D eigenvalue weighted by molar-refractivity contribution is 8.00. The van der Waals surface area contributed by atoms with E-state index in [2.05, 4.69) is 16.0 Å². The third-order valence-electron chi connectivity index (χ3n) is 6.63. The van der Waals surface area contributed by atoms with Gasteiger partial charge in [-0.1, -0.05) is 72.3 Å². The van der Waals surface area contributed by atoms with Crippen molar-refractivity contribution in [3.05, 3.63) is 143 Å². The maximum Gasteiger partial charge on any atom is 0.272 e. The summed E-state index contributed by atoms with van der Waals surface area (Å²) in [6, 6.07) is 33.3. The highest BCUT2D eigenvalue weighted by Crippen LogP contribution is 2.27. The molecule has 1 unspecified atom stereocenters. The zero-order valence-electron chi connectivity index (χ0n) is 23.5. The molecule has 0 spiro atoms. The standard InChI is InChI=1S/C35H27ClFN3O3S/c1-22(33(41)39-27-16-19-31(37)30(36)21-27)44-28-17-14-26(15-18-28)38-35(43)32(40-34(42)24-9-3-2-4-10-24)20-25-12-7-11-23-8-5-6-13-29(23)25/h2-22H,1H3,(H,38,43)(H,39,41)(H,40,42)/b32-20-. The van der Waals surface area contributed by atoms with Crippen LogP contribution in [0.25, 0.3) is 16.8 Å². The van der Waals surface area contributed by atoms with Gasteiger partial charge in [0.1, 0.15) is 11.5 Å². The Morgan fingerprint density at radius 3 is 2.23 bits per heavy atom. The molecule has 0 aliphatic rings. The molecule has 9 heteroatoms. The lowest BCUT2D eigenvalue weighted by atomic mass is 10.0. The third-order valence-corrected chi connectivity index (χ3v) is 8.04. The van der Waals surface area contributed by atoms with Gasteiger partial charge in [-0.3, -0.25) is 14.4 Å². The Labute approximate surface area is 263 Å². The van der Waals surface area contributed by atoms with Gasteiger partial charge in [0.15, 0.2) is 0 Å². The largest absolute Gasteiger partial charge is 0.325 e. The molecule has 3 amide bonds. The molecule has 0 heterocycles. The van der Waals surface area contributed by atoms with E-state index in [0.717, 1.165) is 21.2 Å². The van der Waals surface area contributed by atoms with Crippen molar-refractivity contribution in [1.82, 2.24) is 5.32 Å². The van der Waals surface area contributed by atoms with Crippen molar-refractivity contribution in [1.29, 1.82) is 0 Å². The molecule has 0 saturated heterocycles. The van der Waals surface area contributed by atoms with Crippen molar-refractivity contribution in [2.45, 2.75) is 17.1 Å². The number of rotatable bonds is 9. The smallest absolute Gasteiger partial charge is 0.272 e. The minimum absolute atomic E-state index is 0.0736. The van der Waals surface area contributed by atoms with Gasteiger partial charge in [-0.05, 0) is 83.9 Å². The lowest BCUT2D eigenvalue weighted by Crippen LogP contribution is -2.30. The van der Waals surface area contributed by atoms with E-state index >= 15 is 0 Å². The topological polar surface area (TPSA) is 87.3 Å². The Hall–Kier alpha value is -4.92. The quantitative estimate of drug-likeness (QED) is 0.114. The second-order valence-electron chi connectivity index (χ2n) is 9.80. The Morgan fingerprint density at radius 2 is 1.48 bits per heavy atom. The van der Waals surface area contributed by atoms with Crippen LogP contribution in [0.4, 0.5) is 15.8 Å². The second kappa shape index (κ2) is 14.0. The number of halogens is 2. The van der Waals surface area contributed by atoms with Gasteiger partial charge in [-0.2, -0.15) is 0 Å². The van der Waals surface area contributed by atoms with E-state index in [1.165, 1.54) is 30.0 Å². The number of fused-ring (bicyclic) bond motifs is 1. The molecule has 0 aliphatic carbocycles. The average molecular weight is 624 g/mol. The lowest BCUT2D eigenvalue weighted by molar-refractivity contribution is -0.115. The van der Waals surface area contributed by atoms with Crippen LogP contribution in [0.2, 0.25) is 5.02 Å². The molecule has 3 N–H and O–H groups in total. The van der Waals surface area contributed by atoms with Crippen LogP contribution in [0.1, 0.15) is 22.8 Å². The van der Waals surface area contributed by atoms with Crippen molar-refractivity contribution in [2.75, 3.05) is 10.6 Å². The highest BCUT2D eigenvalue weighted by Gasteiger charge is 2.18. The minimum atomic E-state index is -0.561. The maximum atomic E-state index is 13.5. The van der Waals surface area contributed by atoms with Gasteiger partial charge >= 0.3 is 0 Å². The number of carbonyl (C=O) groups excluding carboxylic acids is 3. The van der Waals surface area contributed by atoms with Crippen molar-refractivity contribution in [3.63, 3.8) is 0 Å². The van der Waals surface area contributed by atoms with E-state index in [1.54, 1.807) is 61.5 Å². The van der Waals surface area contributed by atoms with E-state index in [1.807, 2.05) is 48.5 Å². The molecule has 5 aromatic rings. The molecular weight excluding hydrogens is 597 g/mol. The molecule has 220 valence electrons. The van der Waals surface area contributed by atoms with E-state index < -0.39 is 22.9 Å². The summed E-state index contributed by atoms with van der Waals surface area (Å²) in [5.74, 6) is -1.73. The van der Waals surface area contributed by atoms with E-state index in [4.69, 9.17) is 11.6 Å². The average Bonchev–Trinajstić information content (AvgIpc) is 3.04. The van der Waals surface area contributed by atoms with Crippen molar-refractivity contribution >= 4 is 69.3 Å². The van der Waals surface area contributed by atoms with Gasteiger partial charge in [0, 0.05) is 21.8 Å². The Bertz CT molecular complexity index is 1860. The molecule has 6 nitrogen and oxygen atoms in total. The molecule has 0 aromatic heterocycles. The number of hydrogen-bond donors (Lipinski definition) is 3. The summed E-state index contributed by atoms with van der Waals surface area (Å²) >= 11 is 7.13. The van der Waals surface area contributed by atoms with Crippen LogP contribution in [-0.2, 0) is 9.59 Å². The SMILES string of the molecule is CC(Sc1ccc(NC(=O)/C(=C/c2cccc3ccccc23)NC(=O)c2ccccc2)cc1)C(=O)Nc1ccc(F)c(Cl)c1. The van der Waals surface area contributed by atoms with E-state index in [-0.39, 0.29) is 16.6 Å². The zero-order chi connectivity index (χ0) is 31.1. The fourth-order valence-corrected chi connectivity index (χ4v) is 5.41. The molecule has 1 atom stereocenters. The van der Waals surface area contributed by atoms with Crippen LogP contribution < -0.4 is 16.0 Å². The molecule has 0 bridgehead atoms. The van der Waals surface area contributed by atoms with Gasteiger partial charge in [0.25, 0.3) is 11.8 Å². The van der Waals surface area contributed by atoms with E-state index in [9.17, 15) is 18.8 Å². The first-order chi connectivity index (χ1) is 21.3. The monoisotopic (exact) mass is 623 g/mol. The molecule has 0 aliphatic heterocycles. The first kappa shape index (κ1) is 30.5. The van der Waals surface area contributed by atoms with Crippen molar-refractivity contribution < 1.29 is 18.8 Å². The number of hydrogen-bond acceptors (Lipinski definition) is 4. The first-order valence-corrected chi connectivity index (χ1v) is 14.9. The third kappa shape index (κ3) is 7.72. The molecular formula is C35H27ClFN3O3S. The van der Waals surface area contributed by atoms with Crippen LogP contribution in [0.15, 0.2) is 126 Å². The summed E-state index contributed by atoms with van der Waals surface area (Å²) in [5.41, 5.74) is 2.20. The van der Waals surface area contributed by atoms with Gasteiger partial charge in [0.2, 0.25) is 5.91 Å². The summed E-state index contributed by atoms with van der Waals surface area (Å²) in [6.45, 7) is 1.75. The lowest BCUT2D eigenvalue weighted by Gasteiger charge is -2.14. The molecule has 5 rings (SSSR count). The Kier molecular flexibility index (Phi) is 9.74. The summed E-state index contributed by atoms with van der Waals surface area (Å²) < 4.78 is 13.4. The Morgan fingerprint density at radius 1 is 0.795 bits per heavy atom. The predicted octanol–water partition coefficient (Wildman–Crippen LogP) is 8.16. The van der Waals surface area contributed by atoms with Crippen molar-refractivity contribution in [2.24, 2.45) is 0 Å². The molecule has 0 radical (unpaired) electrons. The number of carbonyl (C=O) groups is 3. The highest BCUT2D eigenvalue weighted by atomic mass is 35.5. The summed E-state index contributed by atoms with van der Waals surface area (Å²) in [4.78, 5) is 40.0. The fourth-order valence-electron chi connectivity index (χ4n) is 4.36. The minimum Gasteiger partial charge on any atom is -0.325 e. The summed E-state index contributed by atoms with van der Waals surface area (Å²) in [7, 11) is 0. The number of benzene rings is 5. The van der Waals surface area contributed by atoms with Gasteiger partial charge < -0.3 is 16.0 Å². The number of anilines is 2. The predicted molar refractivity (Wildman–Crippen MR) is 176 cm³/mol. The van der Waals surface area contributed by atoms with Crippen molar-refractivity contribution in [3.8, 4) is 0 Å². The molecule has 0 saturated carbocycles. The van der Waals surface area contributed by atoms with Crippen LogP contribution in [0, 0.1) is 5.82 Å². The van der Waals surface area contributed by atoms with Crippen LogP contribution >= 0.6 is 23.4 Å². The number of amides is 3. The summed E-state index contributed by atoms with van der Waals surface area (Å²) in [5, 5.41) is 9.77. The number of thioether (sulfide) groups is 1. The van der Waals surface area contributed by atoms with Crippen LogP contribution in [0.5, 0.6) is 0 Å². The van der Waals surface area contributed by atoms with Gasteiger partial charge in [-0.25, -0.2) is 4.39 Å². The van der Waals surface area contributed by atoms with Crippen LogP contribution in [0.3, 0.4) is 0 Å². The van der Waals surface area contributed by atoms with E-state index in [0.29, 0.717) is 16.9 Å². The van der Waals surface area contributed by atoms with Gasteiger partial charge in [-0.15, -0.1) is 11.8 Å². The van der Waals surface area contributed by atoms with Gasteiger partial charge in [0.05, 0.1) is 10.3 Å².